The SMILES string of the molecule is Cc1cc(C(C)N2C(=O)c3ccnc(C(N)=O)c3C2C[C@@H](C)O)cnc1-n1cc(C(F)(F)F)cn1. The Hall–Kier alpha value is -3.80. The Morgan fingerprint density at radius 2 is 1.97 bits per heavy atom. The van der Waals surface area contributed by atoms with Gasteiger partial charge in [-0.2, -0.15) is 18.3 Å². The number of pyridine rings is 2. The van der Waals surface area contributed by atoms with Gasteiger partial charge in [-0.05, 0) is 50.5 Å². The molecule has 3 atom stereocenters. The van der Waals surface area contributed by atoms with Gasteiger partial charge in [0, 0.05) is 29.7 Å². The van der Waals surface area contributed by atoms with E-state index >= 15 is 0 Å². The van der Waals surface area contributed by atoms with Crippen molar-refractivity contribution in [2.45, 2.75) is 51.6 Å². The van der Waals surface area contributed by atoms with E-state index in [1.807, 2.05) is 0 Å². The summed E-state index contributed by atoms with van der Waals surface area (Å²) in [5, 5.41) is 13.9. The van der Waals surface area contributed by atoms with Crippen molar-refractivity contribution in [2.75, 3.05) is 0 Å². The van der Waals surface area contributed by atoms with Gasteiger partial charge in [-0.15, -0.1) is 0 Å². The van der Waals surface area contributed by atoms with Gasteiger partial charge in [-0.25, -0.2) is 9.67 Å². The van der Waals surface area contributed by atoms with Crippen LogP contribution in [0.2, 0.25) is 0 Å². The molecule has 1 aliphatic heterocycles. The summed E-state index contributed by atoms with van der Waals surface area (Å²) in [6.45, 7) is 5.02. The molecule has 0 radical (unpaired) electrons. The number of carbonyl (C=O) groups is 2. The number of halogens is 3. The number of amides is 2. The van der Waals surface area contributed by atoms with Crippen LogP contribution in [-0.4, -0.2) is 47.7 Å². The molecule has 4 heterocycles. The van der Waals surface area contributed by atoms with E-state index in [4.69, 9.17) is 5.73 Å². The Morgan fingerprint density at radius 3 is 2.54 bits per heavy atom. The van der Waals surface area contributed by atoms with E-state index in [0.29, 0.717) is 16.7 Å². The van der Waals surface area contributed by atoms with Crippen molar-refractivity contribution in [1.82, 2.24) is 24.6 Å². The normalized spacial score (nSPS) is 17.4. The molecule has 35 heavy (non-hydrogen) atoms. The number of hydrogen-bond acceptors (Lipinski definition) is 6. The highest BCUT2D eigenvalue weighted by Crippen LogP contribution is 2.43. The standard InChI is InChI=1S/C23H23F3N6O3/c1-11-6-14(8-29-21(11)31-10-15(9-30-31)23(24,25)26)13(3)32-17(7-12(2)33)18-16(22(32)35)4-5-28-19(18)20(27)34/h4-6,8-10,12-13,17,33H,7H2,1-3H3,(H2,27,34)/t12-,13?,17?/m1/s1. The minimum atomic E-state index is -4.52. The molecule has 0 spiro atoms. The van der Waals surface area contributed by atoms with Crippen LogP contribution in [0.4, 0.5) is 13.2 Å². The minimum Gasteiger partial charge on any atom is -0.393 e. The molecule has 0 bridgehead atoms. The second kappa shape index (κ2) is 8.77. The van der Waals surface area contributed by atoms with Crippen molar-refractivity contribution in [2.24, 2.45) is 5.73 Å². The van der Waals surface area contributed by atoms with Gasteiger partial charge >= 0.3 is 6.18 Å². The number of rotatable bonds is 6. The molecule has 3 aromatic heterocycles. The van der Waals surface area contributed by atoms with E-state index in [1.165, 1.54) is 23.4 Å². The first-order valence-corrected chi connectivity index (χ1v) is 10.8. The van der Waals surface area contributed by atoms with E-state index in [1.54, 1.807) is 26.8 Å². The molecule has 9 nitrogen and oxygen atoms in total. The van der Waals surface area contributed by atoms with Crippen LogP contribution < -0.4 is 5.73 Å². The average molecular weight is 488 g/mol. The molecule has 0 saturated heterocycles. The zero-order valence-corrected chi connectivity index (χ0v) is 19.1. The number of alkyl halides is 3. The summed E-state index contributed by atoms with van der Waals surface area (Å²) in [5.74, 6) is -0.918. The summed E-state index contributed by atoms with van der Waals surface area (Å²) in [5.41, 5.74) is 6.38. The average Bonchev–Trinajstić information content (AvgIpc) is 3.37. The van der Waals surface area contributed by atoms with Gasteiger partial charge in [0.2, 0.25) is 0 Å². The van der Waals surface area contributed by atoms with Crippen LogP contribution >= 0.6 is 0 Å². The fourth-order valence-corrected chi connectivity index (χ4v) is 4.42. The quantitative estimate of drug-likeness (QED) is 0.549. The van der Waals surface area contributed by atoms with Crippen molar-refractivity contribution in [3.63, 3.8) is 0 Å². The highest BCUT2D eigenvalue weighted by Gasteiger charge is 2.43. The first kappa shape index (κ1) is 24.3. The molecule has 1 aliphatic rings. The lowest BCUT2D eigenvalue weighted by atomic mass is 9.97. The maximum absolute atomic E-state index is 13.4. The van der Waals surface area contributed by atoms with Crippen LogP contribution in [0.3, 0.4) is 0 Å². The predicted octanol–water partition coefficient (Wildman–Crippen LogP) is 3.12. The zero-order valence-electron chi connectivity index (χ0n) is 19.1. The number of hydrogen-bond donors (Lipinski definition) is 2. The minimum absolute atomic E-state index is 0.0278. The number of fused-ring (bicyclic) bond motifs is 1. The number of aliphatic hydroxyl groups is 1. The summed E-state index contributed by atoms with van der Waals surface area (Å²) in [6, 6.07) is 2.01. The smallest absolute Gasteiger partial charge is 0.393 e. The summed E-state index contributed by atoms with van der Waals surface area (Å²) >= 11 is 0. The van der Waals surface area contributed by atoms with Gasteiger partial charge in [0.05, 0.1) is 29.9 Å². The summed E-state index contributed by atoms with van der Waals surface area (Å²) in [4.78, 5) is 35.3. The van der Waals surface area contributed by atoms with Gasteiger partial charge in [0.15, 0.2) is 5.82 Å². The molecule has 2 unspecified atom stereocenters. The molecule has 3 N–H and O–H groups in total. The molecule has 2 amide bonds. The third kappa shape index (κ3) is 4.36. The third-order valence-electron chi connectivity index (χ3n) is 6.02. The molecular formula is C23H23F3N6O3. The van der Waals surface area contributed by atoms with Crippen molar-refractivity contribution in [3.8, 4) is 5.82 Å². The lowest BCUT2D eigenvalue weighted by molar-refractivity contribution is -0.137. The highest BCUT2D eigenvalue weighted by molar-refractivity contribution is 6.03. The fourth-order valence-electron chi connectivity index (χ4n) is 4.42. The van der Waals surface area contributed by atoms with E-state index in [9.17, 15) is 27.9 Å². The van der Waals surface area contributed by atoms with Crippen molar-refractivity contribution in [1.29, 1.82) is 0 Å². The molecular weight excluding hydrogens is 465 g/mol. The Labute approximate surface area is 198 Å². The highest BCUT2D eigenvalue weighted by atomic mass is 19.4. The zero-order chi connectivity index (χ0) is 25.7. The molecule has 0 aliphatic carbocycles. The second-order valence-electron chi connectivity index (χ2n) is 8.55. The number of aliphatic hydroxyl groups excluding tert-OH is 1. The van der Waals surface area contributed by atoms with E-state index < -0.39 is 35.8 Å². The number of aryl methyl sites for hydroxylation is 1. The molecule has 3 aromatic rings. The van der Waals surface area contributed by atoms with Gasteiger partial charge < -0.3 is 15.7 Å². The number of primary amides is 1. The number of carbonyl (C=O) groups excluding carboxylic acids is 2. The van der Waals surface area contributed by atoms with Crippen LogP contribution in [0.25, 0.3) is 5.82 Å². The number of nitrogens with two attached hydrogens (primary N) is 1. The predicted molar refractivity (Wildman–Crippen MR) is 117 cm³/mol. The van der Waals surface area contributed by atoms with Gasteiger partial charge in [0.25, 0.3) is 11.8 Å². The number of aromatic nitrogens is 4. The molecule has 12 heteroatoms. The van der Waals surface area contributed by atoms with Crippen LogP contribution in [0.1, 0.15) is 75.5 Å². The van der Waals surface area contributed by atoms with Crippen LogP contribution in [-0.2, 0) is 6.18 Å². The van der Waals surface area contributed by atoms with Gasteiger partial charge in [-0.1, -0.05) is 0 Å². The summed E-state index contributed by atoms with van der Waals surface area (Å²) in [7, 11) is 0. The second-order valence-corrected chi connectivity index (χ2v) is 8.55. The van der Waals surface area contributed by atoms with Gasteiger partial charge in [-0.3, -0.25) is 14.6 Å². The maximum Gasteiger partial charge on any atom is 0.419 e. The van der Waals surface area contributed by atoms with Crippen LogP contribution in [0, 0.1) is 6.92 Å². The molecule has 184 valence electrons. The summed E-state index contributed by atoms with van der Waals surface area (Å²) < 4.78 is 39.9. The van der Waals surface area contributed by atoms with Crippen LogP contribution in [0.5, 0.6) is 0 Å². The first-order chi connectivity index (χ1) is 16.4. The van der Waals surface area contributed by atoms with Crippen molar-refractivity contribution in [3.05, 3.63) is 70.4 Å². The molecule has 0 aromatic carbocycles. The third-order valence-corrected chi connectivity index (χ3v) is 6.02. The Kier molecular flexibility index (Phi) is 6.09. The Balaban J connectivity index is 1.71. The monoisotopic (exact) mass is 488 g/mol. The fraction of sp³-hybridized carbons (Fsp3) is 0.348. The Bertz CT molecular complexity index is 1300. The lowest BCUT2D eigenvalue weighted by Crippen LogP contribution is -2.33. The van der Waals surface area contributed by atoms with E-state index in [0.717, 1.165) is 17.1 Å². The molecule has 0 fully saturated rings. The van der Waals surface area contributed by atoms with E-state index in [-0.39, 0.29) is 29.4 Å². The first-order valence-electron chi connectivity index (χ1n) is 10.8. The largest absolute Gasteiger partial charge is 0.419 e. The lowest BCUT2D eigenvalue weighted by Gasteiger charge is -2.32. The van der Waals surface area contributed by atoms with Crippen LogP contribution in [0.15, 0.2) is 36.9 Å². The van der Waals surface area contributed by atoms with Crippen molar-refractivity contribution < 1.29 is 27.9 Å². The Morgan fingerprint density at radius 1 is 1.26 bits per heavy atom. The van der Waals surface area contributed by atoms with E-state index in [2.05, 4.69) is 15.1 Å². The summed E-state index contributed by atoms with van der Waals surface area (Å²) in [6.07, 6.45) is -0.788. The molecule has 0 saturated carbocycles. The van der Waals surface area contributed by atoms with Gasteiger partial charge in [0.1, 0.15) is 5.69 Å². The maximum atomic E-state index is 13.4. The van der Waals surface area contributed by atoms with Crippen molar-refractivity contribution >= 4 is 11.8 Å². The number of nitrogens with zero attached hydrogens (tertiary/aromatic N) is 5. The molecule has 4 rings (SSSR count). The topological polar surface area (TPSA) is 127 Å².